The summed E-state index contributed by atoms with van der Waals surface area (Å²) in [6.07, 6.45) is -4.90. The van der Waals surface area contributed by atoms with E-state index in [0.717, 1.165) is 0 Å². The number of amides is 1. The van der Waals surface area contributed by atoms with Crippen LogP contribution in [0, 0.1) is 0 Å². The third-order valence-corrected chi connectivity index (χ3v) is 5.33. The van der Waals surface area contributed by atoms with Crippen molar-refractivity contribution in [3.8, 4) is 0 Å². The first kappa shape index (κ1) is 16.9. The van der Waals surface area contributed by atoms with E-state index in [0.29, 0.717) is 24.3 Å². The number of alkyl halides is 3. The van der Waals surface area contributed by atoms with Crippen molar-refractivity contribution >= 4 is 17.7 Å². The SMILES string of the molecule is O=C(N1CCCC(O)(C(F)(F)F)CC1)C1(O)CCSCC1. The Labute approximate surface area is 125 Å². The first-order valence-corrected chi connectivity index (χ1v) is 8.22. The minimum Gasteiger partial charge on any atom is -0.380 e. The predicted molar refractivity (Wildman–Crippen MR) is 72.9 cm³/mol. The molecular weight excluding hydrogens is 307 g/mol. The van der Waals surface area contributed by atoms with E-state index in [2.05, 4.69) is 0 Å². The average molecular weight is 327 g/mol. The maximum absolute atomic E-state index is 12.9. The number of carbonyl (C=O) groups is 1. The lowest BCUT2D eigenvalue weighted by atomic mass is 9.94. The van der Waals surface area contributed by atoms with Crippen LogP contribution in [0.3, 0.4) is 0 Å². The number of thioether (sulfide) groups is 1. The van der Waals surface area contributed by atoms with Crippen molar-refractivity contribution in [2.24, 2.45) is 0 Å². The molecule has 4 nitrogen and oxygen atoms in total. The third-order valence-electron chi connectivity index (χ3n) is 4.35. The zero-order valence-electron chi connectivity index (χ0n) is 11.7. The van der Waals surface area contributed by atoms with E-state index in [1.54, 1.807) is 11.8 Å². The van der Waals surface area contributed by atoms with Crippen molar-refractivity contribution < 1.29 is 28.2 Å². The van der Waals surface area contributed by atoms with Gasteiger partial charge in [0.25, 0.3) is 5.91 Å². The Bertz CT molecular complexity index is 399. The molecule has 2 fully saturated rings. The summed E-state index contributed by atoms with van der Waals surface area (Å²) < 4.78 is 38.6. The summed E-state index contributed by atoms with van der Waals surface area (Å²) in [6.45, 7) is -0.0308. The van der Waals surface area contributed by atoms with Crippen LogP contribution in [-0.4, -0.2) is 63.0 Å². The molecule has 2 heterocycles. The second-order valence-electron chi connectivity index (χ2n) is 5.82. The Kier molecular flexibility index (Phi) is 4.80. The second-order valence-corrected chi connectivity index (χ2v) is 7.04. The maximum Gasteiger partial charge on any atom is 0.417 e. The summed E-state index contributed by atoms with van der Waals surface area (Å²) in [4.78, 5) is 13.7. The fraction of sp³-hybridized carbons (Fsp3) is 0.923. The molecular formula is C13H20F3NO3S. The summed E-state index contributed by atoms with van der Waals surface area (Å²) in [5, 5.41) is 20.1. The van der Waals surface area contributed by atoms with Crippen molar-refractivity contribution in [3.63, 3.8) is 0 Å². The number of rotatable bonds is 1. The Balaban J connectivity index is 2.04. The molecule has 2 N–H and O–H groups in total. The van der Waals surface area contributed by atoms with Crippen LogP contribution in [0.25, 0.3) is 0 Å². The molecule has 2 rings (SSSR count). The first-order valence-electron chi connectivity index (χ1n) is 7.07. The zero-order valence-corrected chi connectivity index (χ0v) is 12.5. The minimum absolute atomic E-state index is 0.0760. The Morgan fingerprint density at radius 3 is 2.24 bits per heavy atom. The Morgan fingerprint density at radius 2 is 1.67 bits per heavy atom. The van der Waals surface area contributed by atoms with Crippen molar-refractivity contribution in [1.29, 1.82) is 0 Å². The molecule has 0 aromatic rings. The molecule has 0 saturated carbocycles. The van der Waals surface area contributed by atoms with Crippen molar-refractivity contribution in [2.75, 3.05) is 24.6 Å². The molecule has 122 valence electrons. The quantitative estimate of drug-likeness (QED) is 0.767. The Morgan fingerprint density at radius 1 is 1.05 bits per heavy atom. The topological polar surface area (TPSA) is 60.8 Å². The minimum atomic E-state index is -4.69. The Hall–Kier alpha value is -0.470. The highest BCUT2D eigenvalue weighted by molar-refractivity contribution is 7.99. The molecule has 0 radical (unpaired) electrons. The molecule has 0 aliphatic carbocycles. The predicted octanol–water partition coefficient (Wildman–Crippen LogP) is 1.55. The number of halogens is 3. The van der Waals surface area contributed by atoms with Crippen molar-refractivity contribution in [1.82, 2.24) is 4.90 Å². The summed E-state index contributed by atoms with van der Waals surface area (Å²) in [6, 6.07) is 0. The highest BCUT2D eigenvalue weighted by Gasteiger charge is 2.54. The van der Waals surface area contributed by atoms with E-state index in [4.69, 9.17) is 0 Å². The standard InChI is InChI=1S/C13H20F3NO3S/c14-13(15,16)12(20)2-1-6-17(7-3-12)10(18)11(19)4-8-21-9-5-11/h19-20H,1-9H2. The molecule has 1 amide bonds. The van der Waals surface area contributed by atoms with Crippen molar-refractivity contribution in [2.45, 2.75) is 49.5 Å². The summed E-state index contributed by atoms with van der Waals surface area (Å²) in [5.74, 6) is 0.847. The summed E-state index contributed by atoms with van der Waals surface area (Å²) in [7, 11) is 0. The van der Waals surface area contributed by atoms with Crippen LogP contribution < -0.4 is 0 Å². The number of hydrogen-bond donors (Lipinski definition) is 2. The molecule has 0 aromatic carbocycles. The van der Waals surface area contributed by atoms with E-state index in [1.807, 2.05) is 0 Å². The van der Waals surface area contributed by atoms with Crippen LogP contribution in [0.2, 0.25) is 0 Å². The second kappa shape index (κ2) is 5.96. The lowest BCUT2D eigenvalue weighted by Crippen LogP contribution is -2.52. The lowest BCUT2D eigenvalue weighted by molar-refractivity contribution is -0.263. The number of aliphatic hydroxyl groups is 2. The lowest BCUT2D eigenvalue weighted by Gasteiger charge is -2.35. The average Bonchev–Trinajstić information content (AvgIpc) is 2.61. The van der Waals surface area contributed by atoms with Crippen LogP contribution in [0.15, 0.2) is 0 Å². The van der Waals surface area contributed by atoms with Crippen LogP contribution in [0.4, 0.5) is 13.2 Å². The van der Waals surface area contributed by atoms with Gasteiger partial charge in [0, 0.05) is 19.5 Å². The van der Waals surface area contributed by atoms with Gasteiger partial charge >= 0.3 is 6.18 Å². The molecule has 8 heteroatoms. The molecule has 2 aliphatic rings. The van der Waals surface area contributed by atoms with Gasteiger partial charge in [0.15, 0.2) is 5.60 Å². The smallest absolute Gasteiger partial charge is 0.380 e. The monoisotopic (exact) mass is 327 g/mol. The van der Waals surface area contributed by atoms with Crippen molar-refractivity contribution in [3.05, 3.63) is 0 Å². The van der Waals surface area contributed by atoms with Gasteiger partial charge < -0.3 is 15.1 Å². The van der Waals surface area contributed by atoms with Crippen LogP contribution in [0.5, 0.6) is 0 Å². The van der Waals surface area contributed by atoms with Gasteiger partial charge in [-0.1, -0.05) is 0 Å². The molecule has 1 unspecified atom stereocenters. The van der Waals surface area contributed by atoms with Gasteiger partial charge in [0.2, 0.25) is 0 Å². The largest absolute Gasteiger partial charge is 0.417 e. The van der Waals surface area contributed by atoms with Crippen LogP contribution >= 0.6 is 11.8 Å². The van der Waals surface area contributed by atoms with Gasteiger partial charge in [-0.05, 0) is 37.2 Å². The number of carbonyl (C=O) groups excluding carboxylic acids is 1. The van der Waals surface area contributed by atoms with Gasteiger partial charge in [-0.2, -0.15) is 24.9 Å². The van der Waals surface area contributed by atoms with Gasteiger partial charge in [-0.3, -0.25) is 4.79 Å². The van der Waals surface area contributed by atoms with Crippen LogP contribution in [-0.2, 0) is 4.79 Å². The van der Waals surface area contributed by atoms with E-state index in [9.17, 15) is 28.2 Å². The number of hydrogen-bond acceptors (Lipinski definition) is 4. The molecule has 2 saturated heterocycles. The molecule has 2 aliphatic heterocycles. The third kappa shape index (κ3) is 3.48. The van der Waals surface area contributed by atoms with Gasteiger partial charge in [-0.25, -0.2) is 0 Å². The number of likely N-dealkylation sites (tertiary alicyclic amines) is 1. The van der Waals surface area contributed by atoms with Gasteiger partial charge in [-0.15, -0.1) is 0 Å². The summed E-state index contributed by atoms with van der Waals surface area (Å²) in [5.41, 5.74) is -4.18. The maximum atomic E-state index is 12.9. The van der Waals surface area contributed by atoms with Crippen LogP contribution in [0.1, 0.15) is 32.1 Å². The fourth-order valence-electron chi connectivity index (χ4n) is 2.82. The fourth-order valence-corrected chi connectivity index (χ4v) is 3.99. The van der Waals surface area contributed by atoms with E-state index in [1.165, 1.54) is 4.90 Å². The molecule has 21 heavy (non-hydrogen) atoms. The molecule has 0 aromatic heterocycles. The van der Waals surface area contributed by atoms with Gasteiger partial charge in [0.1, 0.15) is 5.60 Å². The highest BCUT2D eigenvalue weighted by Crippen LogP contribution is 2.39. The molecule has 1 atom stereocenters. The zero-order chi connectivity index (χ0) is 15.7. The normalized spacial score (nSPS) is 30.8. The molecule has 0 spiro atoms. The number of nitrogens with zero attached hydrogens (tertiary/aromatic N) is 1. The highest BCUT2D eigenvalue weighted by atomic mass is 32.2. The van der Waals surface area contributed by atoms with E-state index >= 15 is 0 Å². The van der Waals surface area contributed by atoms with E-state index in [-0.39, 0.29) is 19.5 Å². The molecule has 0 bridgehead atoms. The first-order chi connectivity index (χ1) is 9.68. The van der Waals surface area contributed by atoms with Gasteiger partial charge in [0.05, 0.1) is 0 Å². The van der Waals surface area contributed by atoms with E-state index < -0.39 is 36.1 Å². The summed E-state index contributed by atoms with van der Waals surface area (Å²) >= 11 is 1.65.